The number of rotatable bonds is 5. The number of nitrogens with one attached hydrogen (secondary N) is 2. The number of nitrogen functional groups attached to an aromatic ring is 1. The van der Waals surface area contributed by atoms with Crippen molar-refractivity contribution in [1.82, 2.24) is 19.8 Å². The summed E-state index contributed by atoms with van der Waals surface area (Å²) < 4.78 is 26.7. The first-order valence-corrected chi connectivity index (χ1v) is 7.32. The van der Waals surface area contributed by atoms with Gasteiger partial charge in [-0.05, 0) is 33.4 Å². The van der Waals surface area contributed by atoms with Crippen molar-refractivity contribution in [3.63, 3.8) is 0 Å². The Kier molecular flexibility index (Phi) is 3.35. The van der Waals surface area contributed by atoms with E-state index in [2.05, 4.69) is 19.8 Å². The summed E-state index contributed by atoms with van der Waals surface area (Å²) in [6.45, 7) is 0.396. The van der Waals surface area contributed by atoms with Crippen molar-refractivity contribution < 1.29 is 8.42 Å². The maximum absolute atomic E-state index is 12.1. The second-order valence-electron chi connectivity index (χ2n) is 4.94. The Morgan fingerprint density at radius 2 is 2.22 bits per heavy atom. The van der Waals surface area contributed by atoms with E-state index in [0.29, 0.717) is 6.54 Å². The molecule has 4 N–H and O–H groups in total. The van der Waals surface area contributed by atoms with Gasteiger partial charge >= 0.3 is 0 Å². The average molecular weight is 273 g/mol. The number of nitrogens with zero attached hydrogens (tertiary/aromatic N) is 2. The Hall–Kier alpha value is -1.12. The number of aromatic nitrogens is 2. The molecule has 0 aromatic carbocycles. The molecule has 1 aromatic rings. The number of hydrogen-bond donors (Lipinski definition) is 3. The molecule has 2 rings (SSSR count). The summed E-state index contributed by atoms with van der Waals surface area (Å²) in [4.78, 5) is 2.09. The Balaban J connectivity index is 2.08. The molecule has 1 saturated carbocycles. The number of hydrogen-bond acceptors (Lipinski definition) is 5. The molecule has 1 aliphatic carbocycles. The van der Waals surface area contributed by atoms with Crippen LogP contribution in [0.2, 0.25) is 0 Å². The van der Waals surface area contributed by atoms with E-state index in [1.807, 2.05) is 14.1 Å². The lowest BCUT2D eigenvalue weighted by atomic mass is 9.76. The fourth-order valence-electron chi connectivity index (χ4n) is 2.17. The first-order chi connectivity index (χ1) is 8.37. The molecule has 8 heteroatoms. The van der Waals surface area contributed by atoms with Gasteiger partial charge in [0.25, 0.3) is 0 Å². The van der Waals surface area contributed by atoms with Crippen LogP contribution in [0.3, 0.4) is 0 Å². The van der Waals surface area contributed by atoms with Gasteiger partial charge in [-0.25, -0.2) is 13.1 Å². The molecule has 0 spiro atoms. The minimum absolute atomic E-state index is 0.00993. The molecule has 0 radical (unpaired) electrons. The number of anilines is 1. The van der Waals surface area contributed by atoms with Crippen LogP contribution in [0.1, 0.15) is 19.3 Å². The number of H-pyrrole nitrogens is 1. The third kappa shape index (κ3) is 2.23. The molecule has 1 heterocycles. The zero-order valence-electron chi connectivity index (χ0n) is 10.6. The van der Waals surface area contributed by atoms with Gasteiger partial charge in [0.05, 0.1) is 6.20 Å². The SMILES string of the molecule is CN(C)C1(CNS(=O)(=O)c2cn[nH]c2N)CCC1. The molecule has 0 unspecified atom stereocenters. The second-order valence-corrected chi connectivity index (χ2v) is 6.68. The van der Waals surface area contributed by atoms with E-state index < -0.39 is 10.0 Å². The molecule has 1 aromatic heterocycles. The van der Waals surface area contributed by atoms with Crippen LogP contribution in [0, 0.1) is 0 Å². The van der Waals surface area contributed by atoms with Crippen LogP contribution in [0.15, 0.2) is 11.1 Å². The quantitative estimate of drug-likeness (QED) is 0.686. The van der Waals surface area contributed by atoms with Crippen molar-refractivity contribution in [3.05, 3.63) is 6.20 Å². The molecule has 0 bridgehead atoms. The summed E-state index contributed by atoms with van der Waals surface area (Å²) in [5, 5.41) is 6.04. The van der Waals surface area contributed by atoms with Gasteiger partial charge in [-0.3, -0.25) is 5.10 Å². The number of likely N-dealkylation sites (N-methyl/N-ethyl adjacent to an activating group) is 1. The highest BCUT2D eigenvalue weighted by Crippen LogP contribution is 2.35. The van der Waals surface area contributed by atoms with Gasteiger partial charge in [-0.15, -0.1) is 0 Å². The Morgan fingerprint density at radius 3 is 2.61 bits per heavy atom. The predicted molar refractivity (Wildman–Crippen MR) is 68.5 cm³/mol. The smallest absolute Gasteiger partial charge is 0.245 e. The molecular weight excluding hydrogens is 254 g/mol. The zero-order valence-corrected chi connectivity index (χ0v) is 11.4. The van der Waals surface area contributed by atoms with E-state index in [4.69, 9.17) is 5.73 Å². The largest absolute Gasteiger partial charge is 0.383 e. The normalized spacial score (nSPS) is 18.8. The average Bonchev–Trinajstić information content (AvgIpc) is 2.62. The lowest BCUT2D eigenvalue weighted by molar-refractivity contribution is 0.0657. The van der Waals surface area contributed by atoms with Crippen LogP contribution in [-0.4, -0.2) is 49.7 Å². The van der Waals surface area contributed by atoms with Gasteiger partial charge in [0, 0.05) is 12.1 Å². The van der Waals surface area contributed by atoms with E-state index in [9.17, 15) is 8.42 Å². The molecule has 18 heavy (non-hydrogen) atoms. The second kappa shape index (κ2) is 4.52. The van der Waals surface area contributed by atoms with E-state index >= 15 is 0 Å². The van der Waals surface area contributed by atoms with Crippen molar-refractivity contribution in [3.8, 4) is 0 Å². The lowest BCUT2D eigenvalue weighted by Gasteiger charge is -2.47. The molecule has 0 saturated heterocycles. The summed E-state index contributed by atoms with van der Waals surface area (Å²) in [5.41, 5.74) is 5.46. The van der Waals surface area contributed by atoms with Gasteiger partial charge in [0.15, 0.2) is 0 Å². The molecule has 0 aliphatic heterocycles. The molecule has 0 amide bonds. The first kappa shape index (κ1) is 13.3. The summed E-state index contributed by atoms with van der Waals surface area (Å²) in [5.74, 6) is 0.0648. The van der Waals surface area contributed by atoms with Crippen LogP contribution in [0.25, 0.3) is 0 Å². The summed E-state index contributed by atoms with van der Waals surface area (Å²) >= 11 is 0. The van der Waals surface area contributed by atoms with Crippen molar-refractivity contribution in [2.45, 2.75) is 29.7 Å². The number of nitrogens with two attached hydrogens (primary N) is 1. The fourth-order valence-corrected chi connectivity index (χ4v) is 3.31. The highest BCUT2D eigenvalue weighted by atomic mass is 32.2. The van der Waals surface area contributed by atoms with Gasteiger partial charge in [0.2, 0.25) is 10.0 Å². The van der Waals surface area contributed by atoms with E-state index in [1.54, 1.807) is 0 Å². The van der Waals surface area contributed by atoms with Crippen molar-refractivity contribution in [1.29, 1.82) is 0 Å². The molecule has 0 atom stereocenters. The maximum Gasteiger partial charge on any atom is 0.245 e. The molecule has 1 aliphatic rings. The zero-order chi connectivity index (χ0) is 13.4. The van der Waals surface area contributed by atoms with Crippen molar-refractivity contribution in [2.75, 3.05) is 26.4 Å². The van der Waals surface area contributed by atoms with Crippen LogP contribution >= 0.6 is 0 Å². The monoisotopic (exact) mass is 273 g/mol. The predicted octanol–water partition coefficient (Wildman–Crippen LogP) is -0.245. The number of aromatic amines is 1. The third-order valence-corrected chi connectivity index (χ3v) is 5.17. The summed E-state index contributed by atoms with van der Waals surface area (Å²) in [6, 6.07) is 0. The Labute approximate surface area is 107 Å². The first-order valence-electron chi connectivity index (χ1n) is 5.83. The Bertz CT molecular complexity index is 518. The van der Waals surface area contributed by atoms with Crippen LogP contribution in [0.4, 0.5) is 5.82 Å². The van der Waals surface area contributed by atoms with Crippen molar-refractivity contribution in [2.24, 2.45) is 0 Å². The minimum atomic E-state index is -3.59. The minimum Gasteiger partial charge on any atom is -0.383 e. The van der Waals surface area contributed by atoms with Gasteiger partial charge in [-0.2, -0.15) is 5.10 Å². The van der Waals surface area contributed by atoms with Crippen molar-refractivity contribution >= 4 is 15.8 Å². The van der Waals surface area contributed by atoms with Crippen LogP contribution in [0.5, 0.6) is 0 Å². The van der Waals surface area contributed by atoms with Gasteiger partial charge in [0.1, 0.15) is 10.7 Å². The van der Waals surface area contributed by atoms with Gasteiger partial charge in [-0.1, -0.05) is 0 Å². The summed E-state index contributed by atoms with van der Waals surface area (Å²) in [7, 11) is 0.358. The maximum atomic E-state index is 12.1. The molecule has 102 valence electrons. The summed E-state index contributed by atoms with van der Waals surface area (Å²) in [6.07, 6.45) is 4.36. The topological polar surface area (TPSA) is 104 Å². The van der Waals surface area contributed by atoms with Crippen LogP contribution in [-0.2, 0) is 10.0 Å². The van der Waals surface area contributed by atoms with E-state index in [0.717, 1.165) is 19.3 Å². The lowest BCUT2D eigenvalue weighted by Crippen LogP contribution is -2.57. The number of sulfonamides is 1. The third-order valence-electron chi connectivity index (χ3n) is 3.75. The molecule has 7 nitrogen and oxygen atoms in total. The van der Waals surface area contributed by atoms with Crippen LogP contribution < -0.4 is 10.5 Å². The highest BCUT2D eigenvalue weighted by molar-refractivity contribution is 7.89. The molecular formula is C10H19N5O2S. The van der Waals surface area contributed by atoms with E-state index in [-0.39, 0.29) is 16.3 Å². The molecule has 1 fully saturated rings. The standard InChI is InChI=1S/C10H19N5O2S/c1-15(2)10(4-3-5-10)7-13-18(16,17)8-6-12-14-9(8)11/h6,13H,3-5,7H2,1-2H3,(H3,11,12,14). The van der Waals surface area contributed by atoms with E-state index in [1.165, 1.54) is 6.20 Å². The highest BCUT2D eigenvalue weighted by Gasteiger charge is 2.40. The van der Waals surface area contributed by atoms with Gasteiger partial charge < -0.3 is 10.6 Å². The Morgan fingerprint density at radius 1 is 1.56 bits per heavy atom. The fraction of sp³-hybridized carbons (Fsp3) is 0.700.